The van der Waals surface area contributed by atoms with E-state index < -0.39 is 11.7 Å². The quantitative estimate of drug-likeness (QED) is 0.362. The van der Waals surface area contributed by atoms with Crippen molar-refractivity contribution in [2.75, 3.05) is 13.2 Å². The third-order valence-electron chi connectivity index (χ3n) is 7.31. The number of rotatable bonds is 7. The van der Waals surface area contributed by atoms with Crippen LogP contribution in [-0.4, -0.2) is 45.4 Å². The Morgan fingerprint density at radius 2 is 1.41 bits per heavy atom. The number of aromatic nitrogens is 3. The monoisotopic (exact) mass is 496 g/mol. The summed E-state index contributed by atoms with van der Waals surface area (Å²) in [5.74, 6) is 0. The number of aliphatic hydroxyl groups excluding tert-OH is 1. The summed E-state index contributed by atoms with van der Waals surface area (Å²) in [6, 6.07) is 30.6. The average Bonchev–Trinajstić information content (AvgIpc) is 3.39. The molecular weight excluding hydrogens is 460 g/mol. The van der Waals surface area contributed by atoms with E-state index in [1.807, 2.05) is 65.5 Å². The highest BCUT2D eigenvalue weighted by molar-refractivity contribution is 5.47. The Morgan fingerprint density at radius 1 is 0.838 bits per heavy atom. The fourth-order valence-electron chi connectivity index (χ4n) is 5.30. The van der Waals surface area contributed by atoms with E-state index >= 15 is 0 Å². The van der Waals surface area contributed by atoms with Gasteiger partial charge < -0.3 is 15.2 Å². The maximum absolute atomic E-state index is 11.5. The largest absolute Gasteiger partial charge is 0.389 e. The Kier molecular flexibility index (Phi) is 8.41. The standard InChI is InChI=1S/C31H36N4O2/c36-30(29-23-35-28(22-33-34-35)20-12-1-2-13-21-32-29)24-37-31(25-14-6-3-7-15-25,26-16-8-4-9-17-26)27-18-10-5-11-19-27/h3-11,14-19,22,29-30,32,36H,1-2,12-13,20-21,23-24H2/t29-,30-/m1/s1. The molecule has 6 nitrogen and oxygen atoms in total. The summed E-state index contributed by atoms with van der Waals surface area (Å²) in [7, 11) is 0. The lowest BCUT2D eigenvalue weighted by Crippen LogP contribution is -2.47. The van der Waals surface area contributed by atoms with Crippen LogP contribution in [0.15, 0.2) is 97.2 Å². The molecule has 5 rings (SSSR count). The molecule has 0 spiro atoms. The zero-order valence-electron chi connectivity index (χ0n) is 21.2. The smallest absolute Gasteiger partial charge is 0.143 e. The van der Waals surface area contributed by atoms with E-state index in [9.17, 15) is 5.11 Å². The van der Waals surface area contributed by atoms with Gasteiger partial charge in [0.25, 0.3) is 0 Å². The molecule has 37 heavy (non-hydrogen) atoms. The number of hydrogen-bond donors (Lipinski definition) is 2. The van der Waals surface area contributed by atoms with Crippen molar-refractivity contribution in [1.82, 2.24) is 20.3 Å². The van der Waals surface area contributed by atoms with Crippen LogP contribution in [-0.2, 0) is 23.3 Å². The van der Waals surface area contributed by atoms with Gasteiger partial charge in [-0.25, -0.2) is 4.68 Å². The number of fused-ring (bicyclic) bond motifs is 1. The van der Waals surface area contributed by atoms with Crippen LogP contribution in [0.1, 0.15) is 48.1 Å². The van der Waals surface area contributed by atoms with E-state index in [0.29, 0.717) is 6.54 Å². The van der Waals surface area contributed by atoms with Crippen LogP contribution >= 0.6 is 0 Å². The summed E-state index contributed by atoms with van der Waals surface area (Å²) in [6.45, 7) is 1.56. The molecule has 1 aliphatic heterocycles. The first-order valence-corrected chi connectivity index (χ1v) is 13.4. The molecule has 2 atom stereocenters. The van der Waals surface area contributed by atoms with Crippen molar-refractivity contribution in [2.45, 2.75) is 56.4 Å². The summed E-state index contributed by atoms with van der Waals surface area (Å²) in [5, 5.41) is 23.6. The normalized spacial score (nSPS) is 17.9. The van der Waals surface area contributed by atoms with Gasteiger partial charge >= 0.3 is 0 Å². The summed E-state index contributed by atoms with van der Waals surface area (Å²) < 4.78 is 8.83. The first-order valence-electron chi connectivity index (χ1n) is 13.4. The van der Waals surface area contributed by atoms with Crippen LogP contribution in [0.25, 0.3) is 0 Å². The molecule has 4 aromatic rings. The number of hydrogen-bond acceptors (Lipinski definition) is 5. The predicted octanol–water partition coefficient (Wildman–Crippen LogP) is 4.72. The fraction of sp³-hybridized carbons (Fsp3) is 0.355. The zero-order valence-corrected chi connectivity index (χ0v) is 21.2. The lowest BCUT2D eigenvalue weighted by molar-refractivity contribution is -0.0505. The lowest BCUT2D eigenvalue weighted by atomic mass is 9.80. The molecule has 192 valence electrons. The zero-order chi connectivity index (χ0) is 25.3. The van der Waals surface area contributed by atoms with Crippen LogP contribution in [0.2, 0.25) is 0 Å². The van der Waals surface area contributed by atoms with Crippen LogP contribution in [0.5, 0.6) is 0 Å². The second-order valence-corrected chi connectivity index (χ2v) is 9.79. The van der Waals surface area contributed by atoms with Crippen LogP contribution in [0.4, 0.5) is 0 Å². The molecule has 0 amide bonds. The number of aryl methyl sites for hydroxylation is 1. The molecule has 0 bridgehead atoms. The average molecular weight is 497 g/mol. The molecule has 1 aliphatic rings. The number of nitrogens with one attached hydrogen (secondary N) is 1. The van der Waals surface area contributed by atoms with Gasteiger partial charge in [-0.1, -0.05) is 109 Å². The minimum Gasteiger partial charge on any atom is -0.389 e. The van der Waals surface area contributed by atoms with E-state index in [1.54, 1.807) is 0 Å². The highest BCUT2D eigenvalue weighted by atomic mass is 16.5. The van der Waals surface area contributed by atoms with Crippen LogP contribution < -0.4 is 5.32 Å². The van der Waals surface area contributed by atoms with E-state index in [4.69, 9.17) is 4.74 Å². The Bertz CT molecular complexity index is 1120. The molecule has 0 fully saturated rings. The predicted molar refractivity (Wildman–Crippen MR) is 145 cm³/mol. The highest BCUT2D eigenvalue weighted by Crippen LogP contribution is 2.40. The molecule has 2 heterocycles. The van der Waals surface area contributed by atoms with Crippen LogP contribution in [0.3, 0.4) is 0 Å². The Hall–Kier alpha value is -3.32. The molecule has 0 aliphatic carbocycles. The van der Waals surface area contributed by atoms with E-state index in [0.717, 1.165) is 48.2 Å². The molecule has 1 aromatic heterocycles. The number of nitrogens with zero attached hydrogens (tertiary/aromatic N) is 3. The summed E-state index contributed by atoms with van der Waals surface area (Å²) in [6.07, 6.45) is 6.66. The maximum atomic E-state index is 11.5. The van der Waals surface area contributed by atoms with Crippen molar-refractivity contribution < 1.29 is 9.84 Å². The molecule has 2 N–H and O–H groups in total. The molecular formula is C31H36N4O2. The minimum absolute atomic E-state index is 0.153. The van der Waals surface area contributed by atoms with Gasteiger partial charge in [0.15, 0.2) is 0 Å². The topological polar surface area (TPSA) is 72.2 Å². The van der Waals surface area contributed by atoms with Crippen molar-refractivity contribution in [2.24, 2.45) is 0 Å². The van der Waals surface area contributed by atoms with Gasteiger partial charge in [0.05, 0.1) is 37.2 Å². The molecule has 0 saturated carbocycles. The highest BCUT2D eigenvalue weighted by Gasteiger charge is 2.38. The summed E-state index contributed by atoms with van der Waals surface area (Å²) in [4.78, 5) is 0. The molecule has 3 aromatic carbocycles. The van der Waals surface area contributed by atoms with Crippen molar-refractivity contribution in [3.63, 3.8) is 0 Å². The van der Waals surface area contributed by atoms with Crippen molar-refractivity contribution >= 4 is 0 Å². The summed E-state index contributed by atoms with van der Waals surface area (Å²) in [5.41, 5.74) is 3.32. The molecule has 0 radical (unpaired) electrons. The molecule has 6 heteroatoms. The van der Waals surface area contributed by atoms with Gasteiger partial charge in [-0.15, -0.1) is 5.10 Å². The third kappa shape index (κ3) is 5.82. The second kappa shape index (κ2) is 12.3. The second-order valence-electron chi connectivity index (χ2n) is 9.79. The SMILES string of the molecule is O[C@H](COC(c1ccccc1)(c1ccccc1)c1ccccc1)[C@H]1Cn2nncc2CCCCCCN1. The van der Waals surface area contributed by atoms with Crippen LogP contribution in [0, 0.1) is 0 Å². The van der Waals surface area contributed by atoms with Gasteiger partial charge in [0.2, 0.25) is 0 Å². The van der Waals surface area contributed by atoms with Gasteiger partial charge in [-0.3, -0.25) is 0 Å². The lowest BCUT2D eigenvalue weighted by Gasteiger charge is -2.37. The molecule has 0 unspecified atom stereocenters. The number of aliphatic hydroxyl groups is 1. The van der Waals surface area contributed by atoms with Crippen molar-refractivity contribution in [1.29, 1.82) is 0 Å². The summed E-state index contributed by atoms with van der Waals surface area (Å²) >= 11 is 0. The van der Waals surface area contributed by atoms with E-state index in [1.165, 1.54) is 12.8 Å². The van der Waals surface area contributed by atoms with Gasteiger partial charge in [0, 0.05) is 0 Å². The maximum Gasteiger partial charge on any atom is 0.143 e. The molecule has 0 saturated heterocycles. The Labute approximate surface area is 219 Å². The minimum atomic E-state index is -0.864. The number of ether oxygens (including phenoxy) is 1. The van der Waals surface area contributed by atoms with Crippen molar-refractivity contribution in [3.8, 4) is 0 Å². The van der Waals surface area contributed by atoms with Gasteiger partial charge in [-0.2, -0.15) is 0 Å². The van der Waals surface area contributed by atoms with E-state index in [-0.39, 0.29) is 12.6 Å². The first-order chi connectivity index (χ1) is 18.3. The first kappa shape index (κ1) is 25.3. The van der Waals surface area contributed by atoms with Gasteiger partial charge in [0.1, 0.15) is 5.60 Å². The third-order valence-corrected chi connectivity index (χ3v) is 7.31. The van der Waals surface area contributed by atoms with Crippen molar-refractivity contribution in [3.05, 3.63) is 120 Å². The Balaban J connectivity index is 1.47. The fourth-order valence-corrected chi connectivity index (χ4v) is 5.30. The Morgan fingerprint density at radius 3 is 2.00 bits per heavy atom. The number of benzene rings is 3. The van der Waals surface area contributed by atoms with Gasteiger partial charge in [-0.05, 0) is 42.5 Å². The van der Waals surface area contributed by atoms with E-state index in [2.05, 4.69) is 52.0 Å².